The Hall–Kier alpha value is -2.11. The number of para-hydroxylation sites is 1. The average Bonchev–Trinajstić information content (AvgIpc) is 2.43. The summed E-state index contributed by atoms with van der Waals surface area (Å²) in [5.74, 6) is -1.86. The van der Waals surface area contributed by atoms with Crippen molar-refractivity contribution in [2.45, 2.75) is 26.3 Å². The van der Waals surface area contributed by atoms with Crippen molar-refractivity contribution >= 4 is 17.7 Å². The fourth-order valence-electron chi connectivity index (χ4n) is 1.75. The maximum absolute atomic E-state index is 13.6. The van der Waals surface area contributed by atoms with E-state index < -0.39 is 23.9 Å². The third-order valence-corrected chi connectivity index (χ3v) is 3.28. The number of benzene rings is 1. The molecule has 2 atom stereocenters. The maximum Gasteiger partial charge on any atom is 0.326 e. The van der Waals surface area contributed by atoms with Crippen LogP contribution < -0.4 is 10.2 Å². The molecule has 2 N–H and O–H groups in total. The number of hydrogen-bond acceptors (Lipinski definition) is 2. The van der Waals surface area contributed by atoms with Crippen LogP contribution in [0.4, 0.5) is 14.9 Å². The second kappa shape index (κ2) is 6.88. The van der Waals surface area contributed by atoms with E-state index in [1.807, 2.05) is 6.92 Å². The van der Waals surface area contributed by atoms with E-state index in [1.54, 1.807) is 13.0 Å². The first-order chi connectivity index (χ1) is 9.38. The molecular weight excluding hydrogens is 263 g/mol. The largest absolute Gasteiger partial charge is 0.480 e. The zero-order chi connectivity index (χ0) is 15.3. The van der Waals surface area contributed by atoms with Crippen LogP contribution in [0.5, 0.6) is 0 Å². The summed E-state index contributed by atoms with van der Waals surface area (Å²) in [6, 6.07) is 4.16. The lowest BCUT2D eigenvalue weighted by Gasteiger charge is -2.24. The van der Waals surface area contributed by atoms with E-state index in [9.17, 15) is 14.0 Å². The second-order valence-corrected chi connectivity index (χ2v) is 4.66. The lowest BCUT2D eigenvalue weighted by Crippen LogP contribution is -2.49. The van der Waals surface area contributed by atoms with Gasteiger partial charge in [-0.1, -0.05) is 32.4 Å². The van der Waals surface area contributed by atoms with Gasteiger partial charge < -0.3 is 10.4 Å². The molecule has 5 nitrogen and oxygen atoms in total. The monoisotopic (exact) mass is 282 g/mol. The van der Waals surface area contributed by atoms with Gasteiger partial charge in [0.15, 0.2) is 0 Å². The number of anilines is 1. The topological polar surface area (TPSA) is 69.6 Å². The van der Waals surface area contributed by atoms with Crippen LogP contribution in [0.25, 0.3) is 0 Å². The van der Waals surface area contributed by atoms with E-state index in [-0.39, 0.29) is 11.6 Å². The number of nitrogens with one attached hydrogen (secondary N) is 1. The van der Waals surface area contributed by atoms with Crippen LogP contribution in [-0.2, 0) is 4.79 Å². The molecule has 1 aromatic carbocycles. The summed E-state index contributed by atoms with van der Waals surface area (Å²) in [6.45, 7) is 3.58. The van der Waals surface area contributed by atoms with Gasteiger partial charge in [0.2, 0.25) is 0 Å². The molecule has 0 aromatic heterocycles. The molecule has 0 aliphatic carbocycles. The minimum absolute atomic E-state index is 0.0956. The van der Waals surface area contributed by atoms with Crippen LogP contribution >= 0.6 is 0 Å². The van der Waals surface area contributed by atoms with Crippen LogP contribution in [0.1, 0.15) is 20.3 Å². The Morgan fingerprint density at radius 3 is 2.50 bits per heavy atom. The van der Waals surface area contributed by atoms with Crippen molar-refractivity contribution in [1.29, 1.82) is 0 Å². The van der Waals surface area contributed by atoms with Crippen molar-refractivity contribution in [1.82, 2.24) is 5.32 Å². The summed E-state index contributed by atoms with van der Waals surface area (Å²) in [7, 11) is 1.39. The summed E-state index contributed by atoms with van der Waals surface area (Å²) < 4.78 is 13.6. The highest BCUT2D eigenvalue weighted by Crippen LogP contribution is 2.17. The fraction of sp³-hybridized carbons (Fsp3) is 0.429. The first-order valence-electron chi connectivity index (χ1n) is 6.40. The molecule has 110 valence electrons. The Balaban J connectivity index is 2.84. The number of halogens is 1. The Morgan fingerprint density at radius 2 is 2.00 bits per heavy atom. The van der Waals surface area contributed by atoms with Crippen LogP contribution in [0.3, 0.4) is 0 Å². The van der Waals surface area contributed by atoms with Gasteiger partial charge in [0.1, 0.15) is 11.9 Å². The smallest absolute Gasteiger partial charge is 0.326 e. The minimum atomic E-state index is -1.10. The molecule has 6 heteroatoms. The highest BCUT2D eigenvalue weighted by atomic mass is 19.1. The predicted octanol–water partition coefficient (Wildman–Crippen LogP) is 2.47. The van der Waals surface area contributed by atoms with Gasteiger partial charge in [-0.2, -0.15) is 0 Å². The molecule has 0 unspecified atom stereocenters. The van der Waals surface area contributed by atoms with Gasteiger partial charge in [-0.25, -0.2) is 14.0 Å². The van der Waals surface area contributed by atoms with Gasteiger partial charge in [0.05, 0.1) is 5.69 Å². The number of hydrogen-bond donors (Lipinski definition) is 2. The highest BCUT2D eigenvalue weighted by Gasteiger charge is 2.27. The summed E-state index contributed by atoms with van der Waals surface area (Å²) in [5, 5.41) is 11.5. The van der Waals surface area contributed by atoms with Crippen LogP contribution in [0.2, 0.25) is 0 Å². The zero-order valence-electron chi connectivity index (χ0n) is 11.8. The molecule has 1 rings (SSSR count). The molecule has 2 amide bonds. The Morgan fingerprint density at radius 1 is 1.40 bits per heavy atom. The van der Waals surface area contributed by atoms with Crippen molar-refractivity contribution in [2.24, 2.45) is 5.92 Å². The van der Waals surface area contributed by atoms with Crippen molar-refractivity contribution < 1.29 is 19.1 Å². The minimum Gasteiger partial charge on any atom is -0.480 e. The number of carbonyl (C=O) groups is 2. The third-order valence-electron chi connectivity index (χ3n) is 3.28. The van der Waals surface area contributed by atoms with Gasteiger partial charge in [-0.05, 0) is 18.1 Å². The number of carboxylic acid groups (broad SMARTS) is 1. The van der Waals surface area contributed by atoms with Crippen LogP contribution in [0.15, 0.2) is 24.3 Å². The molecule has 0 radical (unpaired) electrons. The van der Waals surface area contributed by atoms with E-state index in [4.69, 9.17) is 5.11 Å². The number of rotatable bonds is 5. The number of amides is 2. The van der Waals surface area contributed by atoms with Crippen molar-refractivity contribution in [3.63, 3.8) is 0 Å². The standard InChI is InChI=1S/C14H19FN2O3/c1-4-9(2)12(13(18)19)16-14(20)17(3)11-8-6-5-7-10(11)15/h5-9,12H,4H2,1-3H3,(H,16,20)(H,18,19)/t9-,12-/m0/s1. The number of nitrogens with zero attached hydrogens (tertiary/aromatic N) is 1. The molecule has 0 spiro atoms. The second-order valence-electron chi connectivity index (χ2n) is 4.66. The predicted molar refractivity (Wildman–Crippen MR) is 74.2 cm³/mol. The first kappa shape index (κ1) is 15.9. The molecule has 0 aliphatic heterocycles. The first-order valence-corrected chi connectivity index (χ1v) is 6.40. The number of aliphatic carboxylic acids is 1. The van der Waals surface area contributed by atoms with Crippen molar-refractivity contribution in [3.05, 3.63) is 30.1 Å². The summed E-state index contributed by atoms with van der Waals surface area (Å²) in [5.41, 5.74) is 0.0956. The lowest BCUT2D eigenvalue weighted by atomic mass is 9.99. The normalized spacial score (nSPS) is 13.4. The molecule has 1 aromatic rings. The van der Waals surface area contributed by atoms with Gasteiger partial charge in [0, 0.05) is 7.05 Å². The number of urea groups is 1. The summed E-state index contributed by atoms with van der Waals surface area (Å²) in [6.07, 6.45) is 0.612. The van der Waals surface area contributed by atoms with Crippen molar-refractivity contribution in [2.75, 3.05) is 11.9 Å². The average molecular weight is 282 g/mol. The third kappa shape index (κ3) is 3.69. The summed E-state index contributed by atoms with van der Waals surface area (Å²) >= 11 is 0. The highest BCUT2D eigenvalue weighted by molar-refractivity contribution is 5.94. The van der Waals surface area contributed by atoms with Crippen LogP contribution in [-0.4, -0.2) is 30.2 Å². The van der Waals surface area contributed by atoms with E-state index in [1.165, 1.54) is 25.2 Å². The van der Waals surface area contributed by atoms with Gasteiger partial charge in [-0.3, -0.25) is 4.90 Å². The van der Waals surface area contributed by atoms with Crippen LogP contribution in [0, 0.1) is 11.7 Å². The Kier molecular flexibility index (Phi) is 5.49. The Bertz CT molecular complexity index is 493. The molecule has 20 heavy (non-hydrogen) atoms. The molecule has 0 saturated carbocycles. The van der Waals surface area contributed by atoms with Gasteiger partial charge >= 0.3 is 12.0 Å². The van der Waals surface area contributed by atoms with Crippen molar-refractivity contribution in [3.8, 4) is 0 Å². The molecule has 0 fully saturated rings. The van der Waals surface area contributed by atoms with E-state index in [0.717, 1.165) is 4.90 Å². The maximum atomic E-state index is 13.6. The quantitative estimate of drug-likeness (QED) is 0.871. The molecule has 0 bridgehead atoms. The van der Waals surface area contributed by atoms with Gasteiger partial charge in [-0.15, -0.1) is 0 Å². The van der Waals surface area contributed by atoms with E-state index in [2.05, 4.69) is 5.32 Å². The SMILES string of the molecule is CC[C@H](C)[C@H](NC(=O)N(C)c1ccccc1F)C(=O)O. The Labute approximate surface area is 117 Å². The molecule has 0 heterocycles. The van der Waals surface area contributed by atoms with E-state index in [0.29, 0.717) is 6.42 Å². The van der Waals surface area contributed by atoms with E-state index >= 15 is 0 Å². The summed E-state index contributed by atoms with van der Waals surface area (Å²) in [4.78, 5) is 24.2. The molecular formula is C14H19FN2O3. The number of carbonyl (C=O) groups excluding carboxylic acids is 1. The lowest BCUT2D eigenvalue weighted by molar-refractivity contribution is -0.140. The zero-order valence-corrected chi connectivity index (χ0v) is 11.8. The molecule has 0 aliphatic rings. The van der Waals surface area contributed by atoms with Gasteiger partial charge in [0.25, 0.3) is 0 Å². The fourth-order valence-corrected chi connectivity index (χ4v) is 1.75. The number of carboxylic acids is 1. The molecule has 0 saturated heterocycles.